The minimum absolute atomic E-state index is 0.517. The molecule has 0 aromatic carbocycles. The summed E-state index contributed by atoms with van der Waals surface area (Å²) in [6, 6.07) is 0. The molecule has 0 spiro atoms. The highest BCUT2D eigenvalue weighted by atomic mass is 32.1. The summed E-state index contributed by atoms with van der Waals surface area (Å²) in [6.07, 6.45) is 2.36. The van der Waals surface area contributed by atoms with E-state index in [0.717, 1.165) is 5.75 Å². The smallest absolute Gasteiger partial charge is 0.0231 e. The van der Waals surface area contributed by atoms with Crippen LogP contribution in [0, 0.1) is 12.5 Å². The van der Waals surface area contributed by atoms with E-state index >= 15 is 0 Å². The van der Waals surface area contributed by atoms with E-state index < -0.39 is 0 Å². The lowest BCUT2D eigenvalue weighted by Gasteiger charge is -2.07. The van der Waals surface area contributed by atoms with Crippen LogP contribution in [0.1, 0.15) is 19.8 Å². The van der Waals surface area contributed by atoms with Gasteiger partial charge in [-0.05, 0) is 18.1 Å². The van der Waals surface area contributed by atoms with E-state index in [1.165, 1.54) is 12.8 Å². The van der Waals surface area contributed by atoms with Crippen molar-refractivity contribution in [2.24, 2.45) is 11.7 Å². The van der Waals surface area contributed by atoms with Gasteiger partial charge in [-0.2, -0.15) is 12.6 Å². The lowest BCUT2D eigenvalue weighted by Crippen LogP contribution is -2.08. The topological polar surface area (TPSA) is 26.0 Å². The summed E-state index contributed by atoms with van der Waals surface area (Å²) in [6.45, 7) is 3.89. The quantitative estimate of drug-likeness (QED) is 0.556. The molecule has 0 heterocycles. The first kappa shape index (κ1) is 8.31. The van der Waals surface area contributed by atoms with Gasteiger partial charge in [-0.3, -0.25) is 0 Å². The van der Waals surface area contributed by atoms with Crippen molar-refractivity contribution in [3.8, 4) is 0 Å². The van der Waals surface area contributed by atoms with Crippen molar-refractivity contribution in [1.82, 2.24) is 0 Å². The standard InChI is InChI=1S/C6H14NS/c1-2-3-6(4-7)5-8/h4,6,8H,2-3,5,7H2,1H3. The lowest BCUT2D eigenvalue weighted by molar-refractivity contribution is 0.600. The highest BCUT2D eigenvalue weighted by Gasteiger charge is 2.00. The molecule has 0 aliphatic heterocycles. The Morgan fingerprint density at radius 2 is 2.38 bits per heavy atom. The van der Waals surface area contributed by atoms with Crippen LogP contribution in [0.3, 0.4) is 0 Å². The largest absolute Gasteiger partial charge is 0.326 e. The van der Waals surface area contributed by atoms with Gasteiger partial charge in [-0.15, -0.1) is 0 Å². The number of hydrogen-bond acceptors (Lipinski definition) is 2. The van der Waals surface area contributed by atoms with Gasteiger partial charge in [0.2, 0.25) is 0 Å². The zero-order chi connectivity index (χ0) is 6.41. The van der Waals surface area contributed by atoms with E-state index in [1.54, 1.807) is 6.54 Å². The van der Waals surface area contributed by atoms with Gasteiger partial charge in [0, 0.05) is 6.54 Å². The van der Waals surface area contributed by atoms with Crippen molar-refractivity contribution >= 4 is 12.6 Å². The second-order valence-corrected chi connectivity index (χ2v) is 2.29. The summed E-state index contributed by atoms with van der Waals surface area (Å²) in [5.41, 5.74) is 5.30. The van der Waals surface area contributed by atoms with E-state index in [0.29, 0.717) is 5.92 Å². The second kappa shape index (κ2) is 5.45. The molecule has 2 N–H and O–H groups in total. The highest BCUT2D eigenvalue weighted by Crippen LogP contribution is 2.07. The van der Waals surface area contributed by atoms with Crippen LogP contribution in [-0.2, 0) is 0 Å². The van der Waals surface area contributed by atoms with Gasteiger partial charge >= 0.3 is 0 Å². The monoisotopic (exact) mass is 132 g/mol. The molecule has 1 nitrogen and oxygen atoms in total. The number of hydrogen-bond donors (Lipinski definition) is 2. The van der Waals surface area contributed by atoms with Crippen molar-refractivity contribution in [3.05, 3.63) is 6.54 Å². The fourth-order valence-corrected chi connectivity index (χ4v) is 0.923. The summed E-state index contributed by atoms with van der Waals surface area (Å²) in [5, 5.41) is 0. The van der Waals surface area contributed by atoms with E-state index in [4.69, 9.17) is 5.73 Å². The average molecular weight is 132 g/mol. The molecule has 0 fully saturated rings. The van der Waals surface area contributed by atoms with Crippen LogP contribution in [-0.4, -0.2) is 5.75 Å². The Labute approximate surface area is 57.1 Å². The Bertz CT molecular complexity index is 43.8. The first-order valence-electron chi connectivity index (χ1n) is 3.01. The summed E-state index contributed by atoms with van der Waals surface area (Å²) >= 11 is 4.12. The normalized spacial score (nSPS) is 13.9. The van der Waals surface area contributed by atoms with Gasteiger partial charge in [-0.25, -0.2) is 0 Å². The first-order valence-corrected chi connectivity index (χ1v) is 3.64. The number of rotatable bonds is 4. The molecule has 1 atom stereocenters. The molecule has 49 valence electrons. The predicted octanol–water partition coefficient (Wildman–Crippen LogP) is 1.45. The highest BCUT2D eigenvalue weighted by molar-refractivity contribution is 7.80. The Morgan fingerprint density at radius 3 is 2.50 bits per heavy atom. The van der Waals surface area contributed by atoms with Crippen LogP contribution in [0.25, 0.3) is 0 Å². The fraction of sp³-hybridized carbons (Fsp3) is 0.833. The maximum absolute atomic E-state index is 5.30. The maximum Gasteiger partial charge on any atom is 0.0231 e. The molecule has 1 radical (unpaired) electrons. The molecule has 0 saturated carbocycles. The molecular weight excluding hydrogens is 118 g/mol. The molecule has 0 rings (SSSR count). The van der Waals surface area contributed by atoms with Crippen molar-refractivity contribution < 1.29 is 0 Å². The minimum atomic E-state index is 0.517. The predicted molar refractivity (Wildman–Crippen MR) is 40.7 cm³/mol. The van der Waals surface area contributed by atoms with Gasteiger partial charge < -0.3 is 5.73 Å². The lowest BCUT2D eigenvalue weighted by atomic mass is 10.1. The van der Waals surface area contributed by atoms with Crippen molar-refractivity contribution in [2.75, 3.05) is 5.75 Å². The molecule has 0 amide bonds. The van der Waals surface area contributed by atoms with Crippen LogP contribution < -0.4 is 5.73 Å². The first-order chi connectivity index (χ1) is 3.85. The second-order valence-electron chi connectivity index (χ2n) is 1.92. The molecule has 2 heteroatoms. The third-order valence-corrected chi connectivity index (χ3v) is 1.64. The molecule has 0 aliphatic rings. The molecule has 0 aromatic heterocycles. The van der Waals surface area contributed by atoms with Gasteiger partial charge in [0.1, 0.15) is 0 Å². The molecule has 1 unspecified atom stereocenters. The van der Waals surface area contributed by atoms with Crippen molar-refractivity contribution in [3.63, 3.8) is 0 Å². The molecule has 8 heavy (non-hydrogen) atoms. The van der Waals surface area contributed by atoms with Crippen LogP contribution in [0.2, 0.25) is 0 Å². The van der Waals surface area contributed by atoms with Gasteiger partial charge in [0.25, 0.3) is 0 Å². The SMILES string of the molecule is CCCC([CH]N)CS. The molecule has 0 saturated heterocycles. The molecular formula is C6H14NS. The Hall–Kier alpha value is 0.310. The van der Waals surface area contributed by atoms with Crippen LogP contribution in [0.4, 0.5) is 0 Å². The van der Waals surface area contributed by atoms with E-state index in [-0.39, 0.29) is 0 Å². The van der Waals surface area contributed by atoms with E-state index in [9.17, 15) is 0 Å². The maximum atomic E-state index is 5.30. The Kier molecular flexibility index (Phi) is 5.66. The van der Waals surface area contributed by atoms with Crippen molar-refractivity contribution in [2.45, 2.75) is 19.8 Å². The summed E-state index contributed by atoms with van der Waals surface area (Å²) in [4.78, 5) is 0. The average Bonchev–Trinajstić information content (AvgIpc) is 1.83. The fourth-order valence-electron chi connectivity index (χ4n) is 0.619. The van der Waals surface area contributed by atoms with E-state index in [2.05, 4.69) is 19.6 Å². The van der Waals surface area contributed by atoms with Crippen LogP contribution in [0.5, 0.6) is 0 Å². The van der Waals surface area contributed by atoms with Crippen molar-refractivity contribution in [1.29, 1.82) is 0 Å². The van der Waals surface area contributed by atoms with Gasteiger partial charge in [0.05, 0.1) is 0 Å². The third kappa shape index (κ3) is 3.33. The molecule has 0 aliphatic carbocycles. The number of nitrogens with two attached hydrogens (primary N) is 1. The van der Waals surface area contributed by atoms with Gasteiger partial charge in [0.15, 0.2) is 0 Å². The minimum Gasteiger partial charge on any atom is -0.326 e. The molecule has 0 aromatic rings. The summed E-state index contributed by atoms with van der Waals surface area (Å²) in [5.74, 6) is 1.40. The number of thiol groups is 1. The Morgan fingerprint density at radius 1 is 1.75 bits per heavy atom. The summed E-state index contributed by atoms with van der Waals surface area (Å²) < 4.78 is 0. The zero-order valence-electron chi connectivity index (χ0n) is 5.30. The van der Waals surface area contributed by atoms with Gasteiger partial charge in [-0.1, -0.05) is 13.3 Å². The van der Waals surface area contributed by atoms with E-state index in [1.807, 2.05) is 0 Å². The van der Waals surface area contributed by atoms with Crippen LogP contribution in [0.15, 0.2) is 0 Å². The van der Waals surface area contributed by atoms with Crippen LogP contribution >= 0.6 is 12.6 Å². The summed E-state index contributed by atoms with van der Waals surface area (Å²) in [7, 11) is 0. The zero-order valence-corrected chi connectivity index (χ0v) is 6.20. The molecule has 0 bridgehead atoms. The third-order valence-electron chi connectivity index (χ3n) is 1.17. The Balaban J connectivity index is 3.07.